The maximum Gasteiger partial charge on any atom is 0.264 e. The fraction of sp³-hybridized carbons (Fsp3) is 0. The van der Waals surface area contributed by atoms with Gasteiger partial charge in [0.05, 0.1) is 5.69 Å². The van der Waals surface area contributed by atoms with Crippen LogP contribution in [0.5, 0.6) is 0 Å². The number of carbonyl (C=O) groups is 1. The highest BCUT2D eigenvalue weighted by molar-refractivity contribution is 7.13. The van der Waals surface area contributed by atoms with Gasteiger partial charge in [0.1, 0.15) is 5.51 Å². The number of anilines is 2. The molecular formula is C15H10ClN3OS. The van der Waals surface area contributed by atoms with Gasteiger partial charge in [-0.25, -0.2) is 0 Å². The van der Waals surface area contributed by atoms with Crippen LogP contribution in [0.1, 0.15) is 10.4 Å². The van der Waals surface area contributed by atoms with Crippen LogP contribution >= 0.6 is 22.9 Å². The van der Waals surface area contributed by atoms with Crippen molar-refractivity contribution >= 4 is 39.7 Å². The third-order valence-corrected chi connectivity index (χ3v) is 3.78. The molecule has 1 aromatic heterocycles. The summed E-state index contributed by atoms with van der Waals surface area (Å²) in [6.07, 6.45) is 0. The molecule has 21 heavy (non-hydrogen) atoms. The fourth-order valence-corrected chi connectivity index (χ4v) is 2.58. The van der Waals surface area contributed by atoms with E-state index in [1.54, 1.807) is 41.9 Å². The van der Waals surface area contributed by atoms with E-state index in [0.717, 1.165) is 0 Å². The Morgan fingerprint density at radius 2 is 1.76 bits per heavy atom. The van der Waals surface area contributed by atoms with Crippen molar-refractivity contribution in [3.8, 4) is 0 Å². The molecule has 6 heteroatoms. The summed E-state index contributed by atoms with van der Waals surface area (Å²) in [5.74, 6) is -0.158. The average Bonchev–Trinajstić information content (AvgIpc) is 3.04. The quantitative estimate of drug-likeness (QED) is 0.728. The van der Waals surface area contributed by atoms with Crippen molar-refractivity contribution in [1.82, 2.24) is 10.2 Å². The van der Waals surface area contributed by atoms with Gasteiger partial charge < -0.3 is 0 Å². The molecule has 0 bridgehead atoms. The first-order valence-electron chi connectivity index (χ1n) is 6.17. The number of hydrogen-bond donors (Lipinski definition) is 0. The predicted molar refractivity (Wildman–Crippen MR) is 84.3 cm³/mol. The number of hydrogen-bond acceptors (Lipinski definition) is 4. The summed E-state index contributed by atoms with van der Waals surface area (Å²) in [7, 11) is 0. The Labute approximate surface area is 130 Å². The van der Waals surface area contributed by atoms with Crippen LogP contribution in [0.4, 0.5) is 10.8 Å². The van der Waals surface area contributed by atoms with E-state index >= 15 is 0 Å². The van der Waals surface area contributed by atoms with Crippen molar-refractivity contribution in [3.63, 3.8) is 0 Å². The Bertz CT molecular complexity index is 729. The van der Waals surface area contributed by atoms with Crippen LogP contribution in [-0.2, 0) is 0 Å². The molecule has 4 nitrogen and oxygen atoms in total. The molecule has 2 aromatic carbocycles. The van der Waals surface area contributed by atoms with E-state index in [0.29, 0.717) is 21.4 Å². The molecular weight excluding hydrogens is 306 g/mol. The van der Waals surface area contributed by atoms with Crippen molar-refractivity contribution < 1.29 is 4.79 Å². The van der Waals surface area contributed by atoms with Gasteiger partial charge in [-0.3, -0.25) is 9.69 Å². The molecule has 1 amide bonds. The third kappa shape index (κ3) is 2.94. The summed E-state index contributed by atoms with van der Waals surface area (Å²) in [5, 5.41) is 8.95. The van der Waals surface area contributed by atoms with Crippen molar-refractivity contribution in [1.29, 1.82) is 0 Å². The van der Waals surface area contributed by atoms with E-state index in [2.05, 4.69) is 10.2 Å². The van der Waals surface area contributed by atoms with Gasteiger partial charge >= 0.3 is 0 Å². The highest BCUT2D eigenvalue weighted by atomic mass is 35.5. The van der Waals surface area contributed by atoms with Gasteiger partial charge in [-0.2, -0.15) is 0 Å². The van der Waals surface area contributed by atoms with Crippen LogP contribution in [0.25, 0.3) is 0 Å². The number of amides is 1. The smallest absolute Gasteiger partial charge is 0.264 e. The zero-order valence-electron chi connectivity index (χ0n) is 10.8. The third-order valence-electron chi connectivity index (χ3n) is 2.85. The standard InChI is InChI=1S/C15H10ClN3OS/c16-12-6-8-13(9-7-12)19(15-18-17-10-21-15)14(20)11-4-2-1-3-5-11/h1-10H. The second-order valence-electron chi connectivity index (χ2n) is 4.20. The van der Waals surface area contributed by atoms with E-state index in [1.807, 2.05) is 18.2 Å². The number of rotatable bonds is 3. The first kappa shape index (κ1) is 13.7. The molecule has 0 spiro atoms. The number of nitrogens with zero attached hydrogens (tertiary/aromatic N) is 3. The summed E-state index contributed by atoms with van der Waals surface area (Å²) >= 11 is 7.21. The van der Waals surface area contributed by atoms with E-state index in [-0.39, 0.29) is 5.91 Å². The minimum absolute atomic E-state index is 0.158. The minimum Gasteiger partial charge on any atom is -0.268 e. The molecule has 0 fully saturated rings. The van der Waals surface area contributed by atoms with Crippen molar-refractivity contribution in [2.75, 3.05) is 4.90 Å². The molecule has 3 rings (SSSR count). The lowest BCUT2D eigenvalue weighted by Gasteiger charge is -2.19. The number of benzene rings is 2. The lowest BCUT2D eigenvalue weighted by Crippen LogP contribution is -2.25. The fourth-order valence-electron chi connectivity index (χ4n) is 1.88. The Morgan fingerprint density at radius 1 is 1.05 bits per heavy atom. The van der Waals surface area contributed by atoms with Crippen molar-refractivity contribution in [3.05, 3.63) is 70.7 Å². The molecule has 104 valence electrons. The van der Waals surface area contributed by atoms with Crippen LogP contribution in [0.3, 0.4) is 0 Å². The zero-order valence-corrected chi connectivity index (χ0v) is 12.4. The van der Waals surface area contributed by atoms with Crippen LogP contribution in [0.2, 0.25) is 5.02 Å². The van der Waals surface area contributed by atoms with Gasteiger partial charge in [0.25, 0.3) is 5.91 Å². The Kier molecular flexibility index (Phi) is 3.94. The van der Waals surface area contributed by atoms with Gasteiger partial charge in [0.2, 0.25) is 5.13 Å². The van der Waals surface area contributed by atoms with Crippen molar-refractivity contribution in [2.45, 2.75) is 0 Å². The lowest BCUT2D eigenvalue weighted by molar-refractivity contribution is 0.0999. The minimum atomic E-state index is -0.158. The SMILES string of the molecule is O=C(c1ccccc1)N(c1ccc(Cl)cc1)c1nncs1. The lowest BCUT2D eigenvalue weighted by atomic mass is 10.2. The first-order valence-corrected chi connectivity index (χ1v) is 7.43. The second-order valence-corrected chi connectivity index (χ2v) is 5.45. The van der Waals surface area contributed by atoms with Crippen LogP contribution in [-0.4, -0.2) is 16.1 Å². The maximum atomic E-state index is 12.8. The van der Waals surface area contributed by atoms with Crippen LogP contribution in [0, 0.1) is 0 Å². The molecule has 3 aromatic rings. The summed E-state index contributed by atoms with van der Waals surface area (Å²) in [5.41, 5.74) is 2.88. The van der Waals surface area contributed by atoms with Gasteiger partial charge in [-0.05, 0) is 36.4 Å². The molecule has 0 atom stereocenters. The summed E-state index contributed by atoms with van der Waals surface area (Å²) in [6, 6.07) is 16.1. The van der Waals surface area contributed by atoms with Crippen LogP contribution < -0.4 is 4.90 Å². The molecule has 0 radical (unpaired) electrons. The van der Waals surface area contributed by atoms with Crippen LogP contribution in [0.15, 0.2) is 60.1 Å². The second kappa shape index (κ2) is 6.03. The molecule has 0 aliphatic carbocycles. The van der Waals surface area contributed by atoms with Gasteiger partial charge in [-0.1, -0.05) is 41.1 Å². The van der Waals surface area contributed by atoms with Gasteiger partial charge in [0, 0.05) is 10.6 Å². The largest absolute Gasteiger partial charge is 0.268 e. The highest BCUT2D eigenvalue weighted by Gasteiger charge is 2.22. The highest BCUT2D eigenvalue weighted by Crippen LogP contribution is 2.29. The Hall–Kier alpha value is -2.24. The Balaban J connectivity index is 2.05. The molecule has 0 saturated carbocycles. The number of carbonyl (C=O) groups excluding carboxylic acids is 1. The van der Waals surface area contributed by atoms with E-state index in [4.69, 9.17) is 11.6 Å². The van der Waals surface area contributed by atoms with E-state index in [9.17, 15) is 4.79 Å². The van der Waals surface area contributed by atoms with E-state index < -0.39 is 0 Å². The number of aromatic nitrogens is 2. The molecule has 0 aliphatic heterocycles. The Morgan fingerprint density at radius 3 is 2.38 bits per heavy atom. The van der Waals surface area contributed by atoms with Crippen molar-refractivity contribution in [2.24, 2.45) is 0 Å². The normalized spacial score (nSPS) is 10.3. The monoisotopic (exact) mass is 315 g/mol. The van der Waals surface area contributed by atoms with Gasteiger partial charge in [0.15, 0.2) is 0 Å². The van der Waals surface area contributed by atoms with Gasteiger partial charge in [-0.15, -0.1) is 10.2 Å². The number of halogens is 1. The zero-order chi connectivity index (χ0) is 14.7. The predicted octanol–water partition coefficient (Wildman–Crippen LogP) is 4.17. The molecule has 1 heterocycles. The maximum absolute atomic E-state index is 12.8. The molecule has 0 saturated heterocycles. The van der Waals surface area contributed by atoms with E-state index in [1.165, 1.54) is 16.2 Å². The average molecular weight is 316 g/mol. The first-order chi connectivity index (χ1) is 10.3. The summed E-state index contributed by atoms with van der Waals surface area (Å²) in [4.78, 5) is 14.3. The topological polar surface area (TPSA) is 46.1 Å². The summed E-state index contributed by atoms with van der Waals surface area (Å²) in [6.45, 7) is 0. The summed E-state index contributed by atoms with van der Waals surface area (Å²) < 4.78 is 0. The molecule has 0 unspecified atom stereocenters. The molecule has 0 aliphatic rings. The molecule has 0 N–H and O–H groups in total.